The second-order valence-corrected chi connectivity index (χ2v) is 8.48. The van der Waals surface area contributed by atoms with Crippen LogP contribution in [-0.2, 0) is 17.9 Å². The van der Waals surface area contributed by atoms with Crippen molar-refractivity contribution >= 4 is 5.91 Å². The quantitative estimate of drug-likeness (QED) is 0.852. The Bertz CT molecular complexity index is 624. The van der Waals surface area contributed by atoms with Crippen LogP contribution < -0.4 is 5.32 Å². The molecule has 3 aliphatic rings. The summed E-state index contributed by atoms with van der Waals surface area (Å²) in [5.41, 5.74) is 2.65. The van der Waals surface area contributed by atoms with Crippen LogP contribution in [0.4, 0.5) is 0 Å². The predicted molar refractivity (Wildman–Crippen MR) is 105 cm³/mol. The summed E-state index contributed by atoms with van der Waals surface area (Å²) in [5, 5.41) is 3.25. The van der Waals surface area contributed by atoms with Crippen LogP contribution in [-0.4, -0.2) is 48.4 Å². The molecule has 1 aliphatic heterocycles. The summed E-state index contributed by atoms with van der Waals surface area (Å²) in [6.45, 7) is 9.68. The molecule has 0 aromatic heterocycles. The van der Waals surface area contributed by atoms with Crippen molar-refractivity contribution in [1.82, 2.24) is 15.1 Å². The maximum Gasteiger partial charge on any atom is 0.223 e. The van der Waals surface area contributed by atoms with Crippen molar-refractivity contribution in [2.75, 3.05) is 32.7 Å². The van der Waals surface area contributed by atoms with Crippen LogP contribution >= 0.6 is 0 Å². The number of rotatable bonds is 6. The smallest absolute Gasteiger partial charge is 0.223 e. The van der Waals surface area contributed by atoms with Gasteiger partial charge in [0.05, 0.1) is 0 Å². The van der Waals surface area contributed by atoms with Gasteiger partial charge in [-0.15, -0.1) is 0 Å². The van der Waals surface area contributed by atoms with Crippen LogP contribution in [0.3, 0.4) is 0 Å². The molecule has 1 N–H and O–H groups in total. The summed E-state index contributed by atoms with van der Waals surface area (Å²) in [4.78, 5) is 17.7. The minimum absolute atomic E-state index is 0.281. The van der Waals surface area contributed by atoms with E-state index in [1.807, 2.05) is 0 Å². The van der Waals surface area contributed by atoms with Gasteiger partial charge in [0.2, 0.25) is 5.91 Å². The molecule has 1 amide bonds. The lowest BCUT2D eigenvalue weighted by atomic mass is 9.88. The third-order valence-corrected chi connectivity index (χ3v) is 6.95. The van der Waals surface area contributed by atoms with E-state index >= 15 is 0 Å². The normalized spacial score (nSPS) is 29.2. The molecule has 0 radical (unpaired) electrons. The van der Waals surface area contributed by atoms with E-state index in [9.17, 15) is 4.79 Å². The van der Waals surface area contributed by atoms with Gasteiger partial charge in [-0.3, -0.25) is 9.69 Å². The van der Waals surface area contributed by atoms with Crippen LogP contribution in [0.1, 0.15) is 43.7 Å². The van der Waals surface area contributed by atoms with E-state index < -0.39 is 0 Å². The van der Waals surface area contributed by atoms with E-state index in [-0.39, 0.29) is 5.92 Å². The van der Waals surface area contributed by atoms with Crippen molar-refractivity contribution < 1.29 is 4.79 Å². The number of likely N-dealkylation sites (N-methyl/N-ethyl adjacent to an activating group) is 1. The molecule has 1 saturated heterocycles. The summed E-state index contributed by atoms with van der Waals surface area (Å²) in [6.07, 6.45) is 5.03. The molecule has 1 heterocycles. The molecule has 4 rings (SSSR count). The average Bonchev–Trinajstić information content (AvgIpc) is 3.31. The fraction of sp³-hybridized carbons (Fsp3) is 0.682. The standard InChI is InChI=1S/C22H33N3O/c1-2-24-9-11-25(12-10-24)16-20-6-4-3-5-19(20)15-23-22(26)21-14-17-7-8-18(21)13-17/h3-6,17-18,21H,2,7-16H2,1H3,(H,23,26). The highest BCUT2D eigenvalue weighted by molar-refractivity contribution is 5.79. The SMILES string of the molecule is CCN1CCN(Cc2ccccc2CNC(=O)C2CC3CCC2C3)CC1. The summed E-state index contributed by atoms with van der Waals surface area (Å²) >= 11 is 0. The van der Waals surface area contributed by atoms with Crippen LogP contribution in [0, 0.1) is 17.8 Å². The fourth-order valence-corrected chi connectivity index (χ4v) is 5.27. The molecular formula is C22H33N3O. The number of fused-ring (bicyclic) bond motifs is 2. The van der Waals surface area contributed by atoms with Crippen molar-refractivity contribution in [1.29, 1.82) is 0 Å². The van der Waals surface area contributed by atoms with E-state index in [4.69, 9.17) is 0 Å². The maximum absolute atomic E-state index is 12.7. The third kappa shape index (κ3) is 3.96. The molecule has 2 aliphatic carbocycles. The van der Waals surface area contributed by atoms with Crippen LogP contribution in [0.25, 0.3) is 0 Å². The Kier molecular flexibility index (Phi) is 5.60. The lowest BCUT2D eigenvalue weighted by molar-refractivity contribution is -0.126. The van der Waals surface area contributed by atoms with Gasteiger partial charge in [-0.1, -0.05) is 37.6 Å². The first-order valence-corrected chi connectivity index (χ1v) is 10.5. The Labute approximate surface area is 157 Å². The number of nitrogens with zero attached hydrogens (tertiary/aromatic N) is 2. The van der Waals surface area contributed by atoms with E-state index in [1.54, 1.807) is 0 Å². The molecule has 0 spiro atoms. The van der Waals surface area contributed by atoms with Gasteiger partial charge in [0, 0.05) is 45.2 Å². The molecule has 2 saturated carbocycles. The largest absolute Gasteiger partial charge is 0.352 e. The van der Waals surface area contributed by atoms with Gasteiger partial charge in [0.25, 0.3) is 0 Å². The lowest BCUT2D eigenvalue weighted by Crippen LogP contribution is -2.45. The van der Waals surface area contributed by atoms with E-state index in [2.05, 4.69) is 46.3 Å². The predicted octanol–water partition coefficient (Wildman–Crippen LogP) is 2.88. The highest BCUT2D eigenvalue weighted by Crippen LogP contribution is 2.48. The van der Waals surface area contributed by atoms with Gasteiger partial charge in [0.1, 0.15) is 0 Å². The number of piperazine rings is 1. The van der Waals surface area contributed by atoms with Crippen molar-refractivity contribution in [2.45, 2.75) is 45.7 Å². The molecule has 2 bridgehead atoms. The Hall–Kier alpha value is -1.39. The molecule has 142 valence electrons. The Morgan fingerprint density at radius 3 is 2.42 bits per heavy atom. The van der Waals surface area contributed by atoms with Gasteiger partial charge < -0.3 is 10.2 Å². The second-order valence-electron chi connectivity index (χ2n) is 8.48. The number of hydrogen-bond acceptors (Lipinski definition) is 3. The number of benzene rings is 1. The minimum Gasteiger partial charge on any atom is -0.352 e. The highest BCUT2D eigenvalue weighted by Gasteiger charge is 2.42. The van der Waals surface area contributed by atoms with Crippen LogP contribution in [0.15, 0.2) is 24.3 Å². The topological polar surface area (TPSA) is 35.6 Å². The molecular weight excluding hydrogens is 322 g/mol. The van der Waals surface area contributed by atoms with E-state index in [0.29, 0.717) is 18.4 Å². The van der Waals surface area contributed by atoms with Crippen molar-refractivity contribution in [2.24, 2.45) is 17.8 Å². The van der Waals surface area contributed by atoms with E-state index in [0.717, 1.165) is 38.5 Å². The lowest BCUT2D eigenvalue weighted by Gasteiger charge is -2.34. The molecule has 3 fully saturated rings. The van der Waals surface area contributed by atoms with Crippen molar-refractivity contribution in [3.05, 3.63) is 35.4 Å². The number of amides is 1. The Balaban J connectivity index is 1.32. The zero-order chi connectivity index (χ0) is 17.9. The van der Waals surface area contributed by atoms with E-state index in [1.165, 1.54) is 43.5 Å². The summed E-state index contributed by atoms with van der Waals surface area (Å²) in [6, 6.07) is 8.63. The van der Waals surface area contributed by atoms with Crippen LogP contribution in [0.5, 0.6) is 0 Å². The summed E-state index contributed by atoms with van der Waals surface area (Å²) in [7, 11) is 0. The maximum atomic E-state index is 12.7. The highest BCUT2D eigenvalue weighted by atomic mass is 16.1. The molecule has 3 atom stereocenters. The molecule has 26 heavy (non-hydrogen) atoms. The molecule has 1 aromatic rings. The molecule has 1 aromatic carbocycles. The first kappa shape index (κ1) is 18.0. The third-order valence-electron chi connectivity index (χ3n) is 6.95. The van der Waals surface area contributed by atoms with Gasteiger partial charge in [0.15, 0.2) is 0 Å². The minimum atomic E-state index is 0.281. The van der Waals surface area contributed by atoms with Crippen LogP contribution in [0.2, 0.25) is 0 Å². The Morgan fingerprint density at radius 1 is 1.04 bits per heavy atom. The van der Waals surface area contributed by atoms with Crippen molar-refractivity contribution in [3.63, 3.8) is 0 Å². The fourth-order valence-electron chi connectivity index (χ4n) is 5.27. The summed E-state index contributed by atoms with van der Waals surface area (Å²) in [5.74, 6) is 2.06. The number of hydrogen-bond donors (Lipinski definition) is 1. The second kappa shape index (κ2) is 8.10. The van der Waals surface area contributed by atoms with Gasteiger partial charge in [-0.05, 0) is 48.8 Å². The van der Waals surface area contributed by atoms with Crippen molar-refractivity contribution in [3.8, 4) is 0 Å². The zero-order valence-electron chi connectivity index (χ0n) is 16.1. The number of carbonyl (C=O) groups excluding carboxylic acids is 1. The average molecular weight is 356 g/mol. The van der Waals surface area contributed by atoms with Gasteiger partial charge >= 0.3 is 0 Å². The number of carbonyl (C=O) groups is 1. The first-order chi connectivity index (χ1) is 12.7. The number of nitrogens with one attached hydrogen (secondary N) is 1. The zero-order valence-corrected chi connectivity index (χ0v) is 16.1. The molecule has 3 unspecified atom stereocenters. The van der Waals surface area contributed by atoms with Gasteiger partial charge in [-0.25, -0.2) is 0 Å². The Morgan fingerprint density at radius 2 is 1.77 bits per heavy atom. The van der Waals surface area contributed by atoms with Gasteiger partial charge in [-0.2, -0.15) is 0 Å². The molecule has 4 nitrogen and oxygen atoms in total. The summed E-state index contributed by atoms with van der Waals surface area (Å²) < 4.78 is 0. The molecule has 4 heteroatoms. The first-order valence-electron chi connectivity index (χ1n) is 10.5. The monoisotopic (exact) mass is 355 g/mol.